The zero-order valence-corrected chi connectivity index (χ0v) is 21.9. The maximum absolute atomic E-state index is 5.52. The lowest BCUT2D eigenvalue weighted by Crippen LogP contribution is -2.22. The van der Waals surface area contributed by atoms with Crippen LogP contribution in [0, 0.1) is 0 Å². The Bertz CT molecular complexity index is 1510. The zero-order valence-electron chi connectivity index (χ0n) is 21.1. The summed E-state index contributed by atoms with van der Waals surface area (Å²) in [5, 5.41) is 4.23. The lowest BCUT2D eigenvalue weighted by molar-refractivity contribution is 0.394. The first-order valence-electron chi connectivity index (χ1n) is 11.3. The summed E-state index contributed by atoms with van der Waals surface area (Å²) in [5.74, 6) is 2.53. The summed E-state index contributed by atoms with van der Waals surface area (Å²) in [6, 6.07) is 5.62. The molecule has 0 unspecified atom stereocenters. The van der Waals surface area contributed by atoms with E-state index in [9.17, 15) is 0 Å². The fourth-order valence-electron chi connectivity index (χ4n) is 3.68. The highest BCUT2D eigenvalue weighted by Gasteiger charge is 2.20. The molecular weight excluding hydrogens is 492 g/mol. The zero-order chi connectivity index (χ0) is 25.9. The molecule has 190 valence electrons. The van der Waals surface area contributed by atoms with Gasteiger partial charge in [0.05, 0.1) is 50.7 Å². The number of anilines is 2. The Balaban J connectivity index is 1.61. The Kier molecular flexibility index (Phi) is 6.88. The Morgan fingerprint density at radius 1 is 0.946 bits per heavy atom. The molecule has 4 heterocycles. The molecule has 0 saturated carbocycles. The number of hydrogen-bond acceptors (Lipinski definition) is 11. The van der Waals surface area contributed by atoms with Crippen molar-refractivity contribution in [2.75, 3.05) is 33.2 Å². The molecule has 5 aromatic rings. The highest BCUT2D eigenvalue weighted by atomic mass is 32.2. The summed E-state index contributed by atoms with van der Waals surface area (Å²) in [6.45, 7) is 0.380. The van der Waals surface area contributed by atoms with Gasteiger partial charge in [-0.2, -0.15) is 10.1 Å². The van der Waals surface area contributed by atoms with Crippen molar-refractivity contribution in [2.24, 2.45) is 7.05 Å². The van der Waals surface area contributed by atoms with Gasteiger partial charge in [-0.1, -0.05) is 0 Å². The van der Waals surface area contributed by atoms with Gasteiger partial charge in [0.2, 0.25) is 5.95 Å². The van der Waals surface area contributed by atoms with E-state index in [1.54, 1.807) is 43.7 Å². The molecule has 0 aliphatic rings. The molecule has 0 amide bonds. The minimum absolute atomic E-state index is 0.380. The Morgan fingerprint density at radius 3 is 2.41 bits per heavy atom. The molecule has 4 aromatic heterocycles. The van der Waals surface area contributed by atoms with E-state index in [-0.39, 0.29) is 0 Å². The van der Waals surface area contributed by atoms with E-state index in [0.29, 0.717) is 40.8 Å². The highest BCUT2D eigenvalue weighted by molar-refractivity contribution is 7.95. The van der Waals surface area contributed by atoms with E-state index in [1.807, 2.05) is 64.9 Å². The molecule has 1 aromatic carbocycles. The number of nitrogens with zero attached hydrogens (tertiary/aromatic N) is 10. The molecule has 12 nitrogen and oxygen atoms in total. The molecule has 0 radical (unpaired) electrons. The molecule has 0 aliphatic heterocycles. The number of imidazole rings is 1. The van der Waals surface area contributed by atoms with E-state index in [0.717, 1.165) is 17.1 Å². The van der Waals surface area contributed by atoms with Gasteiger partial charge in [0, 0.05) is 61.5 Å². The standard InChI is InChI=1S/C24H26N10O2S/c1-31(2)37-34-7-6-25-22(34)15-33(17-8-18(35-4)10-19(9-17)36-5)24-27-13-21-23(30-24)29-20(12-26-21)16-11-28-32(3)14-16/h6-14H,15H2,1-5H3. The summed E-state index contributed by atoms with van der Waals surface area (Å²) >= 11 is 1.52. The van der Waals surface area contributed by atoms with Crippen LogP contribution in [0.4, 0.5) is 11.6 Å². The fraction of sp³-hybridized carbons (Fsp3) is 0.250. The maximum Gasteiger partial charge on any atom is 0.232 e. The van der Waals surface area contributed by atoms with Crippen LogP contribution in [0.3, 0.4) is 0 Å². The normalized spacial score (nSPS) is 11.3. The van der Waals surface area contributed by atoms with Crippen LogP contribution in [0.1, 0.15) is 5.82 Å². The van der Waals surface area contributed by atoms with Crippen LogP contribution >= 0.6 is 12.1 Å². The van der Waals surface area contributed by atoms with Gasteiger partial charge in [-0.15, -0.1) is 0 Å². The minimum atomic E-state index is 0.380. The number of aryl methyl sites for hydroxylation is 1. The lowest BCUT2D eigenvalue weighted by Gasteiger charge is -2.24. The SMILES string of the molecule is COc1cc(OC)cc(N(Cc2nccn2SN(C)C)c2ncc3ncc(-c4cnn(C)c4)nc3n2)c1. The van der Waals surface area contributed by atoms with Crippen LogP contribution in [0.5, 0.6) is 11.5 Å². The van der Waals surface area contributed by atoms with E-state index in [2.05, 4.69) is 20.1 Å². The summed E-state index contributed by atoms with van der Waals surface area (Å²) in [4.78, 5) is 25.2. The second-order valence-corrected chi connectivity index (χ2v) is 9.54. The number of hydrogen-bond donors (Lipinski definition) is 0. The van der Waals surface area contributed by atoms with Gasteiger partial charge in [-0.3, -0.25) is 8.65 Å². The molecule has 0 saturated heterocycles. The van der Waals surface area contributed by atoms with E-state index in [1.165, 1.54) is 12.1 Å². The predicted octanol–water partition coefficient (Wildman–Crippen LogP) is 3.35. The molecule has 5 rings (SSSR count). The molecule has 0 N–H and O–H groups in total. The van der Waals surface area contributed by atoms with Crippen LogP contribution in [0.25, 0.3) is 22.4 Å². The number of ether oxygens (including phenoxy) is 2. The third-order valence-electron chi connectivity index (χ3n) is 5.41. The molecule has 0 spiro atoms. The van der Waals surface area contributed by atoms with Gasteiger partial charge < -0.3 is 14.4 Å². The molecule has 0 fully saturated rings. The van der Waals surface area contributed by atoms with Crippen LogP contribution in [0.2, 0.25) is 0 Å². The predicted molar refractivity (Wildman–Crippen MR) is 142 cm³/mol. The summed E-state index contributed by atoms with van der Waals surface area (Å²) in [5.41, 5.74) is 3.37. The van der Waals surface area contributed by atoms with Crippen LogP contribution in [-0.2, 0) is 13.6 Å². The van der Waals surface area contributed by atoms with Crippen molar-refractivity contribution in [1.82, 2.24) is 43.0 Å². The molecule has 0 bridgehead atoms. The second kappa shape index (κ2) is 10.4. The highest BCUT2D eigenvalue weighted by Crippen LogP contribution is 2.33. The molecule has 37 heavy (non-hydrogen) atoms. The topological polar surface area (TPSA) is 112 Å². The first kappa shape index (κ1) is 24.5. The number of rotatable bonds is 9. The van der Waals surface area contributed by atoms with Crippen molar-refractivity contribution >= 4 is 34.9 Å². The van der Waals surface area contributed by atoms with Crippen molar-refractivity contribution in [1.29, 1.82) is 0 Å². The van der Waals surface area contributed by atoms with Crippen LogP contribution < -0.4 is 14.4 Å². The van der Waals surface area contributed by atoms with Gasteiger partial charge in [0.25, 0.3) is 0 Å². The largest absolute Gasteiger partial charge is 0.497 e. The molecular formula is C24H26N10O2S. The van der Waals surface area contributed by atoms with Crippen molar-refractivity contribution in [3.05, 3.63) is 61.2 Å². The van der Waals surface area contributed by atoms with Gasteiger partial charge in [0.1, 0.15) is 22.8 Å². The molecule has 0 aliphatic carbocycles. The Labute approximate surface area is 218 Å². The van der Waals surface area contributed by atoms with Crippen molar-refractivity contribution < 1.29 is 9.47 Å². The molecule has 0 atom stereocenters. The van der Waals surface area contributed by atoms with E-state index < -0.39 is 0 Å². The lowest BCUT2D eigenvalue weighted by atomic mass is 10.2. The van der Waals surface area contributed by atoms with Gasteiger partial charge >= 0.3 is 0 Å². The second-order valence-electron chi connectivity index (χ2n) is 8.26. The maximum atomic E-state index is 5.52. The number of aromatic nitrogens is 8. The van der Waals surface area contributed by atoms with E-state index >= 15 is 0 Å². The van der Waals surface area contributed by atoms with Gasteiger partial charge in [-0.25, -0.2) is 24.2 Å². The minimum Gasteiger partial charge on any atom is -0.497 e. The number of methoxy groups -OCH3 is 2. The summed E-state index contributed by atoms with van der Waals surface area (Å²) in [7, 11) is 9.04. The van der Waals surface area contributed by atoms with Gasteiger partial charge in [-0.05, 0) is 14.1 Å². The first-order chi connectivity index (χ1) is 17.9. The number of benzene rings is 1. The quantitative estimate of drug-likeness (QED) is 0.268. The third-order valence-corrected chi connectivity index (χ3v) is 6.25. The first-order valence-corrected chi connectivity index (χ1v) is 12.0. The monoisotopic (exact) mass is 518 g/mol. The Hall–Kier alpha value is -4.23. The van der Waals surface area contributed by atoms with Crippen LogP contribution in [-0.4, -0.2) is 71.3 Å². The summed E-state index contributed by atoms with van der Waals surface area (Å²) in [6.07, 6.45) is 10.7. The van der Waals surface area contributed by atoms with E-state index in [4.69, 9.17) is 19.4 Å². The average molecular weight is 519 g/mol. The summed E-state index contributed by atoms with van der Waals surface area (Å²) < 4.78 is 16.7. The fourth-order valence-corrected chi connectivity index (χ4v) is 4.34. The van der Waals surface area contributed by atoms with Crippen molar-refractivity contribution in [3.8, 4) is 22.8 Å². The number of fused-ring (bicyclic) bond motifs is 1. The smallest absolute Gasteiger partial charge is 0.232 e. The van der Waals surface area contributed by atoms with Crippen LogP contribution in [0.15, 0.2) is 55.4 Å². The molecule has 13 heteroatoms. The van der Waals surface area contributed by atoms with Crippen molar-refractivity contribution in [2.45, 2.75) is 6.54 Å². The average Bonchev–Trinajstić information content (AvgIpc) is 3.54. The third kappa shape index (κ3) is 5.32. The van der Waals surface area contributed by atoms with Crippen molar-refractivity contribution in [3.63, 3.8) is 0 Å². The van der Waals surface area contributed by atoms with Gasteiger partial charge in [0.15, 0.2) is 5.65 Å². The Morgan fingerprint density at radius 2 is 1.73 bits per heavy atom.